The molecule has 1 aromatic rings. The Kier molecular flexibility index (Phi) is 5.65. The summed E-state index contributed by atoms with van der Waals surface area (Å²) in [5.74, 6) is 1.14. The van der Waals surface area contributed by atoms with Crippen LogP contribution in [0.2, 0.25) is 0 Å². The Morgan fingerprint density at radius 3 is 2.35 bits per heavy atom. The molecule has 2 saturated carbocycles. The van der Waals surface area contributed by atoms with Crippen molar-refractivity contribution in [2.75, 3.05) is 11.9 Å². The van der Waals surface area contributed by atoms with Crippen molar-refractivity contribution in [1.29, 1.82) is 0 Å². The fourth-order valence-corrected chi connectivity index (χ4v) is 2.75. The summed E-state index contributed by atoms with van der Waals surface area (Å²) in [6.45, 7) is 2.55. The molecule has 1 aromatic carbocycles. The standard InChI is InChI=1S/C17H23N3O2.ClH/c1-10-8-14(10)17(22)19-13-6-4-12(5-7-13)16(21)20-15(9-18)11-2-3-11;/h4-7,10-11,14-15H,2-3,8-9,18H2,1H3,(H,19,22)(H,20,21);1H. The number of hydrogen-bond acceptors (Lipinski definition) is 3. The number of carbonyl (C=O) groups is 2. The molecule has 6 heteroatoms. The average Bonchev–Trinajstić information content (AvgIpc) is 3.41. The highest BCUT2D eigenvalue weighted by Gasteiger charge is 2.39. The van der Waals surface area contributed by atoms with Crippen LogP contribution in [0.15, 0.2) is 24.3 Å². The molecule has 5 nitrogen and oxygen atoms in total. The molecular weight excluding hydrogens is 314 g/mol. The third kappa shape index (κ3) is 4.45. The summed E-state index contributed by atoms with van der Waals surface area (Å²) in [7, 11) is 0. The second-order valence-electron chi connectivity index (χ2n) is 6.54. The molecule has 0 aromatic heterocycles. The van der Waals surface area contributed by atoms with Crippen LogP contribution in [0.4, 0.5) is 5.69 Å². The minimum absolute atomic E-state index is 0. The smallest absolute Gasteiger partial charge is 0.251 e. The summed E-state index contributed by atoms with van der Waals surface area (Å²) in [6, 6.07) is 7.09. The minimum atomic E-state index is -0.101. The quantitative estimate of drug-likeness (QED) is 0.743. The highest BCUT2D eigenvalue weighted by molar-refractivity contribution is 5.97. The molecule has 0 spiro atoms. The molecule has 23 heavy (non-hydrogen) atoms. The van der Waals surface area contributed by atoms with Gasteiger partial charge in [0.15, 0.2) is 0 Å². The molecule has 2 aliphatic rings. The number of rotatable bonds is 6. The van der Waals surface area contributed by atoms with Crippen molar-refractivity contribution in [1.82, 2.24) is 5.32 Å². The van der Waals surface area contributed by atoms with Crippen molar-refractivity contribution < 1.29 is 9.59 Å². The first kappa shape index (κ1) is 17.8. The molecule has 4 N–H and O–H groups in total. The lowest BCUT2D eigenvalue weighted by Crippen LogP contribution is -2.41. The van der Waals surface area contributed by atoms with Crippen molar-refractivity contribution in [2.24, 2.45) is 23.5 Å². The first-order valence-corrected chi connectivity index (χ1v) is 8.00. The van der Waals surface area contributed by atoms with Crippen molar-refractivity contribution in [3.8, 4) is 0 Å². The van der Waals surface area contributed by atoms with E-state index in [1.54, 1.807) is 24.3 Å². The predicted octanol–water partition coefficient (Wildman–Crippen LogP) is 2.17. The summed E-state index contributed by atoms with van der Waals surface area (Å²) >= 11 is 0. The van der Waals surface area contributed by atoms with E-state index in [0.717, 1.165) is 24.9 Å². The molecule has 2 fully saturated rings. The summed E-state index contributed by atoms with van der Waals surface area (Å²) in [5, 5.41) is 5.88. The van der Waals surface area contributed by atoms with Gasteiger partial charge in [0.2, 0.25) is 5.91 Å². The van der Waals surface area contributed by atoms with Crippen LogP contribution in [0.1, 0.15) is 36.5 Å². The molecule has 2 amide bonds. The van der Waals surface area contributed by atoms with Crippen LogP contribution < -0.4 is 16.4 Å². The lowest BCUT2D eigenvalue weighted by atomic mass is 10.1. The van der Waals surface area contributed by atoms with Crippen molar-refractivity contribution >= 4 is 29.9 Å². The summed E-state index contributed by atoms with van der Waals surface area (Å²) < 4.78 is 0. The van der Waals surface area contributed by atoms with Crippen molar-refractivity contribution in [2.45, 2.75) is 32.2 Å². The molecule has 2 aliphatic carbocycles. The molecule has 3 rings (SSSR count). The molecule has 3 atom stereocenters. The van der Waals surface area contributed by atoms with Gasteiger partial charge in [0.1, 0.15) is 0 Å². The van der Waals surface area contributed by atoms with Gasteiger partial charge in [-0.3, -0.25) is 9.59 Å². The van der Waals surface area contributed by atoms with Crippen LogP contribution in [0.5, 0.6) is 0 Å². The lowest BCUT2D eigenvalue weighted by Gasteiger charge is -2.16. The fourth-order valence-electron chi connectivity index (χ4n) is 2.75. The number of hydrogen-bond donors (Lipinski definition) is 3. The lowest BCUT2D eigenvalue weighted by molar-refractivity contribution is -0.117. The number of benzene rings is 1. The van der Waals surface area contributed by atoms with Gasteiger partial charge in [0.25, 0.3) is 5.91 Å². The van der Waals surface area contributed by atoms with Gasteiger partial charge in [-0.1, -0.05) is 6.92 Å². The maximum absolute atomic E-state index is 12.2. The Morgan fingerprint density at radius 2 is 1.87 bits per heavy atom. The summed E-state index contributed by atoms with van der Waals surface area (Å²) in [6.07, 6.45) is 3.26. The monoisotopic (exact) mass is 337 g/mol. The zero-order chi connectivity index (χ0) is 15.7. The zero-order valence-electron chi connectivity index (χ0n) is 13.2. The van der Waals surface area contributed by atoms with Gasteiger partial charge in [-0.25, -0.2) is 0 Å². The highest BCUT2D eigenvalue weighted by Crippen LogP contribution is 2.38. The second kappa shape index (κ2) is 7.32. The maximum Gasteiger partial charge on any atom is 0.251 e. The number of carbonyl (C=O) groups excluding carboxylic acids is 2. The van der Waals surface area contributed by atoms with E-state index < -0.39 is 0 Å². The molecule has 0 bridgehead atoms. The van der Waals surface area contributed by atoms with Gasteiger partial charge in [0, 0.05) is 29.8 Å². The Bertz CT molecular complexity index is 572. The van der Waals surface area contributed by atoms with E-state index in [2.05, 4.69) is 17.6 Å². The van der Waals surface area contributed by atoms with E-state index in [1.165, 1.54) is 0 Å². The Balaban J connectivity index is 0.00000192. The number of amides is 2. The molecule has 3 unspecified atom stereocenters. The third-order valence-electron chi connectivity index (χ3n) is 4.62. The van der Waals surface area contributed by atoms with Gasteiger partial charge in [-0.15, -0.1) is 12.4 Å². The van der Waals surface area contributed by atoms with Gasteiger partial charge >= 0.3 is 0 Å². The minimum Gasteiger partial charge on any atom is -0.348 e. The molecular formula is C17H24ClN3O2. The molecule has 0 heterocycles. The highest BCUT2D eigenvalue weighted by atomic mass is 35.5. The molecule has 126 valence electrons. The number of halogens is 1. The number of anilines is 1. The van der Waals surface area contributed by atoms with Gasteiger partial charge in [-0.2, -0.15) is 0 Å². The van der Waals surface area contributed by atoms with Gasteiger partial charge in [0.05, 0.1) is 0 Å². The Labute approximate surface area is 142 Å². The number of nitrogens with two attached hydrogens (primary N) is 1. The largest absolute Gasteiger partial charge is 0.348 e. The van der Waals surface area contributed by atoms with Crippen LogP contribution in [-0.2, 0) is 4.79 Å². The van der Waals surface area contributed by atoms with Crippen LogP contribution in [0.3, 0.4) is 0 Å². The van der Waals surface area contributed by atoms with E-state index in [9.17, 15) is 9.59 Å². The summed E-state index contributed by atoms with van der Waals surface area (Å²) in [5.41, 5.74) is 7.03. The maximum atomic E-state index is 12.2. The van der Waals surface area contributed by atoms with E-state index >= 15 is 0 Å². The van der Waals surface area contributed by atoms with Gasteiger partial charge < -0.3 is 16.4 Å². The fraction of sp³-hybridized carbons (Fsp3) is 0.529. The van der Waals surface area contributed by atoms with E-state index in [-0.39, 0.29) is 36.2 Å². The van der Waals surface area contributed by atoms with Crippen molar-refractivity contribution in [3.63, 3.8) is 0 Å². The first-order chi connectivity index (χ1) is 10.6. The van der Waals surface area contributed by atoms with E-state index in [0.29, 0.717) is 23.9 Å². The second-order valence-corrected chi connectivity index (χ2v) is 6.54. The van der Waals surface area contributed by atoms with Crippen molar-refractivity contribution in [3.05, 3.63) is 29.8 Å². The van der Waals surface area contributed by atoms with E-state index in [1.807, 2.05) is 0 Å². The Morgan fingerprint density at radius 1 is 1.26 bits per heavy atom. The average molecular weight is 338 g/mol. The van der Waals surface area contributed by atoms with Crippen LogP contribution in [0, 0.1) is 17.8 Å². The zero-order valence-corrected chi connectivity index (χ0v) is 14.1. The topological polar surface area (TPSA) is 84.2 Å². The summed E-state index contributed by atoms with van der Waals surface area (Å²) in [4.78, 5) is 24.1. The van der Waals surface area contributed by atoms with E-state index in [4.69, 9.17) is 5.73 Å². The predicted molar refractivity (Wildman–Crippen MR) is 92.6 cm³/mol. The van der Waals surface area contributed by atoms with Crippen LogP contribution >= 0.6 is 12.4 Å². The first-order valence-electron chi connectivity index (χ1n) is 8.00. The molecule has 0 aliphatic heterocycles. The molecule has 0 radical (unpaired) electrons. The van der Waals surface area contributed by atoms with Crippen LogP contribution in [0.25, 0.3) is 0 Å². The SMILES string of the molecule is CC1CC1C(=O)Nc1ccc(C(=O)NC(CN)C2CC2)cc1.Cl. The third-order valence-corrected chi connectivity index (χ3v) is 4.62. The molecule has 0 saturated heterocycles. The number of nitrogens with one attached hydrogen (secondary N) is 2. The van der Waals surface area contributed by atoms with Gasteiger partial charge in [-0.05, 0) is 55.4 Å². The normalized spacial score (nSPS) is 23.4. The van der Waals surface area contributed by atoms with Crippen LogP contribution in [-0.4, -0.2) is 24.4 Å². The Hall–Kier alpha value is -1.59.